The number of hydrogen-bond donors (Lipinski definition) is 5. The monoisotopic (exact) mass is 355 g/mol. The van der Waals surface area contributed by atoms with Crippen molar-refractivity contribution >= 4 is 32.8 Å². The van der Waals surface area contributed by atoms with Crippen LogP contribution in [0.4, 0.5) is 0 Å². The lowest BCUT2D eigenvalue weighted by atomic mass is 9.84. The highest BCUT2D eigenvalue weighted by Gasteiger charge is 2.43. The quantitative estimate of drug-likeness (QED) is 0.373. The average Bonchev–Trinajstić information content (AvgIpc) is 2.50. The third-order valence-electron chi connectivity index (χ3n) is 3.58. The van der Waals surface area contributed by atoms with Crippen LogP contribution in [0.25, 0.3) is 10.8 Å². The van der Waals surface area contributed by atoms with Crippen LogP contribution in [0, 0.1) is 0 Å². The normalized spacial score (nSPS) is 14.2. The van der Waals surface area contributed by atoms with E-state index in [1.807, 2.05) is 0 Å². The largest absolute Gasteiger partial charge is 0.481 e. The first-order chi connectivity index (χ1) is 11.1. The molecule has 0 fully saturated rings. The third-order valence-corrected chi connectivity index (χ3v) is 4.43. The molecular weight excluding hydrogens is 342 g/mol. The van der Waals surface area contributed by atoms with Gasteiger partial charge >= 0.3 is 11.9 Å². The van der Waals surface area contributed by atoms with Crippen LogP contribution in [-0.2, 0) is 25.2 Å². The van der Waals surface area contributed by atoms with Crippen LogP contribution in [-0.4, -0.2) is 40.3 Å². The van der Waals surface area contributed by atoms with Crippen LogP contribution in [0.15, 0.2) is 41.3 Å². The molecule has 10 heteroatoms. The molecule has 0 aliphatic heterocycles. The second-order valence-corrected chi connectivity index (χ2v) is 6.48. The number of carbonyl (C=O) groups is 2. The van der Waals surface area contributed by atoms with Gasteiger partial charge in [-0.1, -0.05) is 24.3 Å². The molecule has 0 aliphatic carbocycles. The summed E-state index contributed by atoms with van der Waals surface area (Å²) in [7, 11) is -4.46. The molecule has 2 aromatic carbocycles. The van der Waals surface area contributed by atoms with Gasteiger partial charge in [-0.05, 0) is 28.5 Å². The van der Waals surface area contributed by atoms with Gasteiger partial charge in [-0.2, -0.15) is 13.9 Å². The Morgan fingerprint density at radius 3 is 2.29 bits per heavy atom. The molecule has 5 N–H and O–H groups in total. The van der Waals surface area contributed by atoms with E-state index < -0.39 is 38.9 Å². The lowest BCUT2D eigenvalue weighted by molar-refractivity contribution is -0.157. The number of rotatable bonds is 6. The molecule has 0 saturated heterocycles. The molecule has 0 bridgehead atoms. The van der Waals surface area contributed by atoms with Crippen LogP contribution in [0.5, 0.6) is 0 Å². The molecule has 1 atom stereocenters. The number of fused-ring (bicyclic) bond motifs is 1. The van der Waals surface area contributed by atoms with Crippen LogP contribution < -0.4 is 5.48 Å². The van der Waals surface area contributed by atoms with Crippen LogP contribution in [0.2, 0.25) is 0 Å². The highest BCUT2D eigenvalue weighted by molar-refractivity contribution is 7.85. The first kappa shape index (κ1) is 17.8. The molecule has 128 valence electrons. The van der Waals surface area contributed by atoms with Crippen molar-refractivity contribution in [3.63, 3.8) is 0 Å². The van der Waals surface area contributed by atoms with Gasteiger partial charge < -0.3 is 15.4 Å². The molecule has 0 spiro atoms. The van der Waals surface area contributed by atoms with E-state index in [0.717, 1.165) is 12.1 Å². The number of nitrogens with one attached hydrogen (secondary N) is 1. The molecular formula is C14H13NO8S. The fourth-order valence-electron chi connectivity index (χ4n) is 2.45. The predicted octanol–water partition coefficient (Wildman–Crippen LogP) is 0.820. The van der Waals surface area contributed by atoms with Gasteiger partial charge in [0.25, 0.3) is 10.1 Å². The van der Waals surface area contributed by atoms with Crippen LogP contribution in [0.3, 0.4) is 0 Å². The second-order valence-electron chi connectivity index (χ2n) is 5.06. The predicted molar refractivity (Wildman–Crippen MR) is 80.3 cm³/mol. The highest BCUT2D eigenvalue weighted by atomic mass is 32.2. The van der Waals surface area contributed by atoms with E-state index in [4.69, 9.17) is 9.66 Å². The van der Waals surface area contributed by atoms with Crippen molar-refractivity contribution in [2.24, 2.45) is 0 Å². The number of aliphatic carboxylic acids is 2. The zero-order valence-electron chi connectivity index (χ0n) is 12.0. The Labute approximate surface area is 135 Å². The van der Waals surface area contributed by atoms with Gasteiger partial charge in [0.05, 0.1) is 11.3 Å². The Balaban J connectivity index is 2.79. The van der Waals surface area contributed by atoms with E-state index in [2.05, 4.69) is 0 Å². The summed E-state index contributed by atoms with van der Waals surface area (Å²) in [5.74, 6) is -3.09. The Hall–Kier alpha value is -2.53. The van der Waals surface area contributed by atoms with Gasteiger partial charge in [0.1, 0.15) is 0 Å². The van der Waals surface area contributed by atoms with Gasteiger partial charge in [-0.15, -0.1) is 0 Å². The fourth-order valence-corrected chi connectivity index (χ4v) is 2.97. The summed E-state index contributed by atoms with van der Waals surface area (Å²) in [5.41, 5.74) is -0.847. The van der Waals surface area contributed by atoms with Gasteiger partial charge in [0.2, 0.25) is 0 Å². The minimum atomic E-state index is -4.46. The van der Waals surface area contributed by atoms with Crippen molar-refractivity contribution in [1.29, 1.82) is 0 Å². The number of benzene rings is 2. The number of hydroxylamine groups is 1. The first-order valence-corrected chi connectivity index (χ1v) is 7.93. The molecule has 24 heavy (non-hydrogen) atoms. The minimum Gasteiger partial charge on any atom is -0.481 e. The standard InChI is InChI=1S/C14H13NO8S/c16-12(17)7-14(15-20,13(18)19)11-3-1-2-8-6-9(24(21,22)23)4-5-10(8)11/h1-6,15,20H,7H2,(H,16,17)(H,18,19)(H,21,22,23). The van der Waals surface area contributed by atoms with E-state index in [1.165, 1.54) is 24.3 Å². The summed E-state index contributed by atoms with van der Waals surface area (Å²) in [6.45, 7) is 0. The Morgan fingerprint density at radius 2 is 1.79 bits per heavy atom. The average molecular weight is 355 g/mol. The van der Waals surface area contributed by atoms with Crippen molar-refractivity contribution in [3.05, 3.63) is 42.0 Å². The molecule has 1 unspecified atom stereocenters. The topological polar surface area (TPSA) is 161 Å². The summed E-state index contributed by atoms with van der Waals surface area (Å²) in [6.07, 6.45) is -0.960. The lowest BCUT2D eigenvalue weighted by Crippen LogP contribution is -2.49. The van der Waals surface area contributed by atoms with Gasteiger partial charge in [0, 0.05) is 0 Å². The lowest BCUT2D eigenvalue weighted by Gasteiger charge is -2.28. The smallest absolute Gasteiger partial charge is 0.331 e. The summed E-state index contributed by atoms with van der Waals surface area (Å²) < 4.78 is 31.5. The summed E-state index contributed by atoms with van der Waals surface area (Å²) >= 11 is 0. The van der Waals surface area contributed by atoms with E-state index >= 15 is 0 Å². The van der Waals surface area contributed by atoms with Crippen molar-refractivity contribution in [3.8, 4) is 0 Å². The van der Waals surface area contributed by atoms with Crippen LogP contribution >= 0.6 is 0 Å². The Morgan fingerprint density at radius 1 is 1.12 bits per heavy atom. The number of carboxylic acid groups (broad SMARTS) is 2. The SMILES string of the molecule is O=C(O)CC(NO)(C(=O)O)c1cccc2cc(S(=O)(=O)O)ccc12. The fraction of sp³-hybridized carbons (Fsp3) is 0.143. The van der Waals surface area contributed by atoms with Gasteiger partial charge in [0.15, 0.2) is 5.54 Å². The second kappa shape index (κ2) is 6.17. The third kappa shape index (κ3) is 3.08. The summed E-state index contributed by atoms with van der Waals surface area (Å²) in [5, 5.41) is 28.2. The van der Waals surface area contributed by atoms with Gasteiger partial charge in [-0.25, -0.2) is 4.79 Å². The van der Waals surface area contributed by atoms with E-state index in [1.54, 1.807) is 5.48 Å². The van der Waals surface area contributed by atoms with E-state index in [9.17, 15) is 28.3 Å². The molecule has 2 rings (SSSR count). The van der Waals surface area contributed by atoms with Crippen molar-refractivity contribution in [2.75, 3.05) is 0 Å². The molecule has 9 nitrogen and oxygen atoms in total. The van der Waals surface area contributed by atoms with Crippen molar-refractivity contribution in [1.82, 2.24) is 5.48 Å². The zero-order valence-corrected chi connectivity index (χ0v) is 12.8. The highest BCUT2D eigenvalue weighted by Crippen LogP contribution is 2.33. The molecule has 0 heterocycles. The molecule has 0 amide bonds. The van der Waals surface area contributed by atoms with Crippen molar-refractivity contribution < 1.29 is 38.0 Å². The molecule has 0 radical (unpaired) electrons. The maximum Gasteiger partial charge on any atom is 0.331 e. The summed E-state index contributed by atoms with van der Waals surface area (Å²) in [4.78, 5) is 22.3. The molecule has 0 saturated carbocycles. The number of hydrogen-bond acceptors (Lipinski definition) is 6. The van der Waals surface area contributed by atoms with E-state index in [0.29, 0.717) is 0 Å². The Kier molecular flexibility index (Phi) is 4.58. The Bertz CT molecular complexity index is 924. The number of carboxylic acids is 2. The van der Waals surface area contributed by atoms with Gasteiger partial charge in [-0.3, -0.25) is 9.35 Å². The van der Waals surface area contributed by atoms with Crippen LogP contribution in [0.1, 0.15) is 12.0 Å². The van der Waals surface area contributed by atoms with Crippen molar-refractivity contribution in [2.45, 2.75) is 16.9 Å². The first-order valence-electron chi connectivity index (χ1n) is 6.49. The molecule has 0 aliphatic rings. The maximum atomic E-state index is 11.6. The minimum absolute atomic E-state index is 0.0701. The molecule has 2 aromatic rings. The van der Waals surface area contributed by atoms with E-state index in [-0.39, 0.29) is 16.3 Å². The zero-order chi connectivity index (χ0) is 18.1. The maximum absolute atomic E-state index is 11.6. The summed E-state index contributed by atoms with van der Waals surface area (Å²) in [6, 6.07) is 7.52. The molecule has 0 aromatic heterocycles.